The summed E-state index contributed by atoms with van der Waals surface area (Å²) >= 11 is 0.916. The molecule has 0 saturated carbocycles. The van der Waals surface area contributed by atoms with Gasteiger partial charge in [-0.05, 0) is 41.1 Å². The highest BCUT2D eigenvalue weighted by Gasteiger charge is 2.25. The van der Waals surface area contributed by atoms with Crippen molar-refractivity contribution in [2.75, 3.05) is 6.61 Å². The average Bonchev–Trinajstić information content (AvgIpc) is 2.84. The van der Waals surface area contributed by atoms with Crippen LogP contribution in [0.1, 0.15) is 18.9 Å². The Labute approximate surface area is 132 Å². The van der Waals surface area contributed by atoms with Crippen molar-refractivity contribution in [3.8, 4) is 5.75 Å². The minimum atomic E-state index is -0.357. The Morgan fingerprint density at radius 1 is 1.18 bits per heavy atom. The number of nitrogens with one attached hydrogen (secondary N) is 1. The molecule has 2 aromatic carbocycles. The van der Waals surface area contributed by atoms with Gasteiger partial charge in [0.1, 0.15) is 5.75 Å². The van der Waals surface area contributed by atoms with Crippen LogP contribution in [0.3, 0.4) is 0 Å². The number of ether oxygens (including phenoxy) is 1. The highest BCUT2D eigenvalue weighted by atomic mass is 32.2. The molecule has 5 heteroatoms. The highest BCUT2D eigenvalue weighted by Crippen LogP contribution is 2.34. The van der Waals surface area contributed by atoms with Crippen LogP contribution in [0.4, 0.5) is 4.79 Å². The quantitative estimate of drug-likeness (QED) is 0.868. The number of benzene rings is 2. The summed E-state index contributed by atoms with van der Waals surface area (Å²) in [5.74, 6) is 0.366. The molecule has 0 aromatic heterocycles. The average molecular weight is 313 g/mol. The first-order valence-corrected chi connectivity index (χ1v) is 7.90. The van der Waals surface area contributed by atoms with Crippen LogP contribution in [0, 0.1) is 0 Å². The van der Waals surface area contributed by atoms with Gasteiger partial charge in [0.25, 0.3) is 11.1 Å². The molecule has 3 rings (SSSR count). The minimum absolute atomic E-state index is 0.340. The van der Waals surface area contributed by atoms with Gasteiger partial charge in [-0.2, -0.15) is 0 Å². The lowest BCUT2D eigenvalue weighted by molar-refractivity contribution is -0.115. The van der Waals surface area contributed by atoms with E-state index in [0.29, 0.717) is 11.5 Å². The van der Waals surface area contributed by atoms with Crippen molar-refractivity contribution in [3.63, 3.8) is 0 Å². The van der Waals surface area contributed by atoms with Crippen molar-refractivity contribution in [2.24, 2.45) is 0 Å². The maximum atomic E-state index is 11.8. The summed E-state index contributed by atoms with van der Waals surface area (Å²) < 4.78 is 5.80. The van der Waals surface area contributed by atoms with Crippen LogP contribution in [-0.2, 0) is 4.79 Å². The number of fused-ring (bicyclic) bond motifs is 1. The second-order valence-corrected chi connectivity index (χ2v) is 5.91. The van der Waals surface area contributed by atoms with Gasteiger partial charge < -0.3 is 4.74 Å². The van der Waals surface area contributed by atoms with Crippen molar-refractivity contribution in [1.82, 2.24) is 5.32 Å². The molecular formula is C17H15NO3S. The van der Waals surface area contributed by atoms with Crippen LogP contribution >= 0.6 is 11.8 Å². The Hall–Kier alpha value is -2.27. The van der Waals surface area contributed by atoms with E-state index in [-0.39, 0.29) is 11.1 Å². The number of carbonyl (C=O) groups excluding carboxylic acids is 2. The fourth-order valence-electron chi connectivity index (χ4n) is 2.31. The van der Waals surface area contributed by atoms with E-state index in [1.807, 2.05) is 43.3 Å². The number of thioether (sulfide) groups is 1. The Bertz CT molecular complexity index is 783. The molecule has 0 radical (unpaired) electrons. The van der Waals surface area contributed by atoms with Gasteiger partial charge in [-0.3, -0.25) is 14.9 Å². The standard InChI is InChI=1S/C17H15NO3S/c1-2-9-21-14-8-7-11-5-3-4-6-12(11)13(14)10-15-16(19)18-17(20)22-15/h3-8,10H,2,9H2,1H3,(H,18,19,20)/b15-10+. The third kappa shape index (κ3) is 2.85. The van der Waals surface area contributed by atoms with E-state index in [1.165, 1.54) is 0 Å². The van der Waals surface area contributed by atoms with Crippen LogP contribution < -0.4 is 10.1 Å². The van der Waals surface area contributed by atoms with E-state index in [0.717, 1.165) is 40.3 Å². The first-order valence-electron chi connectivity index (χ1n) is 7.08. The minimum Gasteiger partial charge on any atom is -0.493 e. The van der Waals surface area contributed by atoms with Crippen LogP contribution in [0.5, 0.6) is 5.75 Å². The van der Waals surface area contributed by atoms with E-state index in [2.05, 4.69) is 5.32 Å². The molecular weight excluding hydrogens is 298 g/mol. The molecule has 1 aliphatic rings. The van der Waals surface area contributed by atoms with Gasteiger partial charge in [-0.15, -0.1) is 0 Å². The number of hydrogen-bond donors (Lipinski definition) is 1. The lowest BCUT2D eigenvalue weighted by Gasteiger charge is -2.11. The van der Waals surface area contributed by atoms with Gasteiger partial charge in [-0.25, -0.2) is 0 Å². The molecule has 1 fully saturated rings. The summed E-state index contributed by atoms with van der Waals surface area (Å²) in [4.78, 5) is 23.5. The van der Waals surface area contributed by atoms with Crippen molar-refractivity contribution in [3.05, 3.63) is 46.9 Å². The number of hydrogen-bond acceptors (Lipinski definition) is 4. The maximum Gasteiger partial charge on any atom is 0.290 e. The van der Waals surface area contributed by atoms with Crippen LogP contribution in [0.2, 0.25) is 0 Å². The molecule has 0 spiro atoms. The fourth-order valence-corrected chi connectivity index (χ4v) is 2.98. The van der Waals surface area contributed by atoms with Crippen LogP contribution in [0.25, 0.3) is 16.8 Å². The Morgan fingerprint density at radius 2 is 2.00 bits per heavy atom. The van der Waals surface area contributed by atoms with Crippen molar-refractivity contribution >= 4 is 39.8 Å². The van der Waals surface area contributed by atoms with Crippen molar-refractivity contribution in [1.29, 1.82) is 0 Å². The smallest absolute Gasteiger partial charge is 0.290 e. The summed E-state index contributed by atoms with van der Waals surface area (Å²) in [6.07, 6.45) is 2.63. The monoisotopic (exact) mass is 313 g/mol. The van der Waals surface area contributed by atoms with Gasteiger partial charge >= 0.3 is 0 Å². The van der Waals surface area contributed by atoms with Gasteiger partial charge in [0.2, 0.25) is 0 Å². The van der Waals surface area contributed by atoms with Gasteiger partial charge in [0.15, 0.2) is 0 Å². The molecule has 112 valence electrons. The fraction of sp³-hybridized carbons (Fsp3) is 0.176. The predicted octanol–water partition coefficient (Wildman–Crippen LogP) is 3.95. The van der Waals surface area contributed by atoms with E-state index in [1.54, 1.807) is 6.08 Å². The van der Waals surface area contributed by atoms with E-state index >= 15 is 0 Å². The zero-order valence-electron chi connectivity index (χ0n) is 12.1. The number of rotatable bonds is 4. The molecule has 2 aromatic rings. The normalized spacial score (nSPS) is 16.3. The molecule has 0 bridgehead atoms. The van der Waals surface area contributed by atoms with E-state index in [4.69, 9.17) is 4.74 Å². The lowest BCUT2D eigenvalue weighted by Crippen LogP contribution is -2.17. The maximum absolute atomic E-state index is 11.8. The summed E-state index contributed by atoms with van der Waals surface area (Å²) in [5.41, 5.74) is 0.832. The summed E-state index contributed by atoms with van der Waals surface area (Å²) in [5, 5.41) is 3.99. The van der Waals surface area contributed by atoms with E-state index in [9.17, 15) is 9.59 Å². The van der Waals surface area contributed by atoms with Gasteiger partial charge in [0, 0.05) is 5.56 Å². The molecule has 0 atom stereocenters. The number of amides is 2. The lowest BCUT2D eigenvalue weighted by atomic mass is 10.0. The molecule has 1 saturated heterocycles. The Balaban J connectivity index is 2.14. The molecule has 1 heterocycles. The molecule has 22 heavy (non-hydrogen) atoms. The van der Waals surface area contributed by atoms with Crippen LogP contribution in [-0.4, -0.2) is 17.8 Å². The third-order valence-electron chi connectivity index (χ3n) is 3.31. The zero-order valence-corrected chi connectivity index (χ0v) is 12.9. The first kappa shape index (κ1) is 14.7. The highest BCUT2D eigenvalue weighted by molar-refractivity contribution is 8.18. The summed E-state index contributed by atoms with van der Waals surface area (Å²) in [6, 6.07) is 11.8. The first-order chi connectivity index (χ1) is 10.7. The molecule has 1 N–H and O–H groups in total. The second-order valence-electron chi connectivity index (χ2n) is 4.90. The van der Waals surface area contributed by atoms with Gasteiger partial charge in [0.05, 0.1) is 11.5 Å². The van der Waals surface area contributed by atoms with Gasteiger partial charge in [-0.1, -0.05) is 37.3 Å². The summed E-state index contributed by atoms with van der Waals surface area (Å²) in [6.45, 7) is 2.64. The Morgan fingerprint density at radius 3 is 2.73 bits per heavy atom. The number of carbonyl (C=O) groups is 2. The SMILES string of the molecule is CCCOc1ccc2ccccc2c1/C=C1/SC(=O)NC1=O. The molecule has 1 aliphatic heterocycles. The van der Waals surface area contributed by atoms with Crippen LogP contribution in [0.15, 0.2) is 41.3 Å². The zero-order chi connectivity index (χ0) is 15.5. The topological polar surface area (TPSA) is 55.4 Å². The molecule has 2 amide bonds. The predicted molar refractivity (Wildman–Crippen MR) is 88.8 cm³/mol. The van der Waals surface area contributed by atoms with E-state index < -0.39 is 0 Å². The van der Waals surface area contributed by atoms with Crippen molar-refractivity contribution < 1.29 is 14.3 Å². The van der Waals surface area contributed by atoms with Crippen molar-refractivity contribution in [2.45, 2.75) is 13.3 Å². The summed E-state index contributed by atoms with van der Waals surface area (Å²) in [7, 11) is 0. The number of imide groups is 1. The largest absolute Gasteiger partial charge is 0.493 e. The second kappa shape index (κ2) is 6.23. The molecule has 0 aliphatic carbocycles. The Kier molecular flexibility index (Phi) is 4.15. The molecule has 4 nitrogen and oxygen atoms in total. The third-order valence-corrected chi connectivity index (χ3v) is 4.12. The molecule has 0 unspecified atom stereocenters.